The number of halogens is 2. The minimum absolute atomic E-state index is 0.333. The van der Waals surface area contributed by atoms with Crippen molar-refractivity contribution in [3.63, 3.8) is 0 Å². The van der Waals surface area contributed by atoms with Gasteiger partial charge in [0.25, 0.3) is 0 Å². The Hall–Kier alpha value is -1.30. The second-order valence-corrected chi connectivity index (χ2v) is 4.06. The fourth-order valence-corrected chi connectivity index (χ4v) is 1.91. The fraction of sp³-hybridized carbons (Fsp3) is 0.222. The van der Waals surface area contributed by atoms with Gasteiger partial charge in [0.2, 0.25) is 0 Å². The molecular weight excluding hydrogens is 226 g/mol. The Labute approximate surface area is 87.5 Å². The first-order valence-corrected chi connectivity index (χ1v) is 5.26. The van der Waals surface area contributed by atoms with Crippen LogP contribution in [-0.2, 0) is 20.3 Å². The molecule has 1 aromatic carbocycles. The van der Waals surface area contributed by atoms with E-state index in [1.165, 1.54) is 0 Å². The van der Waals surface area contributed by atoms with Crippen molar-refractivity contribution in [1.29, 1.82) is 0 Å². The summed E-state index contributed by atoms with van der Waals surface area (Å²) in [5.41, 5.74) is 0. The van der Waals surface area contributed by atoms with Gasteiger partial charge in [0, 0.05) is 0 Å². The Morgan fingerprint density at radius 2 is 2.13 bits per heavy atom. The maximum Gasteiger partial charge on any atom is 0.318 e. The third-order valence-corrected chi connectivity index (χ3v) is 2.92. The molecule has 3 nitrogen and oxygen atoms in total. The zero-order valence-corrected chi connectivity index (χ0v) is 8.64. The van der Waals surface area contributed by atoms with Gasteiger partial charge in [-0.3, -0.25) is 9.00 Å². The molecule has 0 aliphatic heterocycles. The summed E-state index contributed by atoms with van der Waals surface area (Å²) in [6.45, 7) is 0. The van der Waals surface area contributed by atoms with Crippen LogP contribution in [0.15, 0.2) is 23.1 Å². The summed E-state index contributed by atoms with van der Waals surface area (Å²) >= 11 is 0. The number of hydrogen-bond donors (Lipinski definition) is 0. The van der Waals surface area contributed by atoms with Crippen LogP contribution in [0.2, 0.25) is 0 Å². The Morgan fingerprint density at radius 1 is 1.47 bits per heavy atom. The van der Waals surface area contributed by atoms with Gasteiger partial charge >= 0.3 is 5.97 Å². The zero-order chi connectivity index (χ0) is 11.4. The summed E-state index contributed by atoms with van der Waals surface area (Å²) in [6.07, 6.45) is 0. The number of carbonyl (C=O) groups excluding carboxylic acids is 1. The summed E-state index contributed by atoms with van der Waals surface area (Å²) < 4.78 is 41.4. The fourth-order valence-electron chi connectivity index (χ4n) is 0.895. The molecular formula is C9H8F2O3S. The van der Waals surface area contributed by atoms with Crippen LogP contribution in [0.25, 0.3) is 0 Å². The topological polar surface area (TPSA) is 43.4 Å². The normalized spacial score (nSPS) is 12.2. The van der Waals surface area contributed by atoms with Gasteiger partial charge in [-0.25, -0.2) is 8.78 Å². The van der Waals surface area contributed by atoms with Crippen LogP contribution in [0.5, 0.6) is 0 Å². The van der Waals surface area contributed by atoms with Gasteiger partial charge in [-0.1, -0.05) is 0 Å². The van der Waals surface area contributed by atoms with Gasteiger partial charge in [0.15, 0.2) is 0 Å². The maximum absolute atomic E-state index is 13.1. The summed E-state index contributed by atoms with van der Waals surface area (Å²) in [5.74, 6) is -2.74. The lowest BCUT2D eigenvalue weighted by atomic mass is 10.3. The van der Waals surface area contributed by atoms with Crippen molar-refractivity contribution in [3.05, 3.63) is 29.8 Å². The maximum atomic E-state index is 13.1. The van der Waals surface area contributed by atoms with E-state index in [0.29, 0.717) is 0 Å². The van der Waals surface area contributed by atoms with E-state index in [2.05, 4.69) is 4.74 Å². The highest BCUT2D eigenvalue weighted by molar-refractivity contribution is 7.85. The molecule has 15 heavy (non-hydrogen) atoms. The molecule has 1 aromatic rings. The van der Waals surface area contributed by atoms with E-state index in [4.69, 9.17) is 0 Å². The van der Waals surface area contributed by atoms with E-state index >= 15 is 0 Å². The lowest BCUT2D eigenvalue weighted by Crippen LogP contribution is -2.13. The van der Waals surface area contributed by atoms with Crippen LogP contribution in [0.1, 0.15) is 0 Å². The third-order valence-electron chi connectivity index (χ3n) is 1.62. The smallest absolute Gasteiger partial charge is 0.318 e. The summed E-state index contributed by atoms with van der Waals surface area (Å²) in [6, 6.07) is 2.57. The molecule has 0 bridgehead atoms. The average Bonchev–Trinajstić information content (AvgIpc) is 2.21. The van der Waals surface area contributed by atoms with Crippen molar-refractivity contribution < 1.29 is 22.5 Å². The number of methoxy groups -OCH3 is 1. The molecule has 82 valence electrons. The highest BCUT2D eigenvalue weighted by atomic mass is 32.2. The predicted octanol–water partition coefficient (Wildman–Crippen LogP) is 1.25. The minimum Gasteiger partial charge on any atom is -0.468 e. The average molecular weight is 234 g/mol. The van der Waals surface area contributed by atoms with Gasteiger partial charge in [-0.2, -0.15) is 0 Å². The van der Waals surface area contributed by atoms with Crippen LogP contribution in [0, 0.1) is 11.6 Å². The van der Waals surface area contributed by atoms with E-state index in [-0.39, 0.29) is 4.90 Å². The molecule has 0 fully saturated rings. The molecule has 1 rings (SSSR count). The van der Waals surface area contributed by atoms with Gasteiger partial charge in [-0.05, 0) is 18.2 Å². The molecule has 0 amide bonds. The first-order valence-electron chi connectivity index (χ1n) is 3.95. The Balaban J connectivity index is 2.91. The number of hydrogen-bond acceptors (Lipinski definition) is 3. The highest BCUT2D eigenvalue weighted by Crippen LogP contribution is 2.14. The second-order valence-electron chi connectivity index (χ2n) is 2.64. The Kier molecular flexibility index (Phi) is 3.90. The molecule has 1 unspecified atom stereocenters. The summed E-state index contributed by atoms with van der Waals surface area (Å²) in [5, 5.41) is 0. The van der Waals surface area contributed by atoms with Crippen LogP contribution in [0.4, 0.5) is 8.78 Å². The molecule has 0 saturated carbocycles. The van der Waals surface area contributed by atoms with Crippen LogP contribution in [-0.4, -0.2) is 23.0 Å². The number of ether oxygens (including phenoxy) is 1. The highest BCUT2D eigenvalue weighted by Gasteiger charge is 2.15. The number of carbonyl (C=O) groups is 1. The molecule has 0 radical (unpaired) electrons. The van der Waals surface area contributed by atoms with E-state index in [1.54, 1.807) is 0 Å². The number of rotatable bonds is 3. The molecule has 0 spiro atoms. The van der Waals surface area contributed by atoms with Crippen molar-refractivity contribution in [1.82, 2.24) is 0 Å². The molecule has 6 heteroatoms. The van der Waals surface area contributed by atoms with Crippen LogP contribution < -0.4 is 0 Å². The second kappa shape index (κ2) is 4.97. The van der Waals surface area contributed by atoms with Crippen molar-refractivity contribution in [3.8, 4) is 0 Å². The largest absolute Gasteiger partial charge is 0.468 e. The van der Waals surface area contributed by atoms with Gasteiger partial charge < -0.3 is 4.74 Å². The van der Waals surface area contributed by atoms with Crippen molar-refractivity contribution in [2.45, 2.75) is 4.90 Å². The lowest BCUT2D eigenvalue weighted by Gasteiger charge is -2.02. The van der Waals surface area contributed by atoms with Crippen molar-refractivity contribution >= 4 is 16.8 Å². The predicted molar refractivity (Wildman–Crippen MR) is 49.6 cm³/mol. The molecule has 0 aromatic heterocycles. The molecule has 0 N–H and O–H groups in total. The van der Waals surface area contributed by atoms with E-state index in [9.17, 15) is 17.8 Å². The first-order chi connectivity index (χ1) is 7.04. The van der Waals surface area contributed by atoms with Gasteiger partial charge in [-0.15, -0.1) is 0 Å². The Bertz CT molecular complexity index is 406. The summed E-state index contributed by atoms with van der Waals surface area (Å²) in [4.78, 5) is 10.4. The SMILES string of the molecule is COC(=O)CS(=O)c1cc(F)ccc1F. The summed E-state index contributed by atoms with van der Waals surface area (Å²) in [7, 11) is -0.798. The van der Waals surface area contributed by atoms with Crippen molar-refractivity contribution in [2.75, 3.05) is 12.9 Å². The molecule has 0 saturated heterocycles. The number of benzene rings is 1. The van der Waals surface area contributed by atoms with E-state index < -0.39 is 34.2 Å². The van der Waals surface area contributed by atoms with Crippen LogP contribution in [0.3, 0.4) is 0 Å². The molecule has 1 atom stereocenters. The van der Waals surface area contributed by atoms with E-state index in [0.717, 1.165) is 25.3 Å². The van der Waals surface area contributed by atoms with Crippen molar-refractivity contribution in [2.24, 2.45) is 0 Å². The Morgan fingerprint density at radius 3 is 2.73 bits per heavy atom. The molecule has 0 aliphatic carbocycles. The molecule has 0 heterocycles. The van der Waals surface area contributed by atoms with Gasteiger partial charge in [0.05, 0.1) is 22.8 Å². The van der Waals surface area contributed by atoms with Gasteiger partial charge in [0.1, 0.15) is 17.4 Å². The minimum atomic E-state index is -1.92. The first kappa shape index (κ1) is 11.8. The lowest BCUT2D eigenvalue weighted by molar-refractivity contribution is -0.137. The molecule has 0 aliphatic rings. The zero-order valence-electron chi connectivity index (χ0n) is 7.83. The monoisotopic (exact) mass is 234 g/mol. The number of esters is 1. The third kappa shape index (κ3) is 3.09. The standard InChI is InChI=1S/C9H8F2O3S/c1-14-9(12)5-15(13)8-4-6(10)2-3-7(8)11/h2-4H,5H2,1H3. The van der Waals surface area contributed by atoms with Crippen LogP contribution >= 0.6 is 0 Å². The quantitative estimate of drug-likeness (QED) is 0.739. The van der Waals surface area contributed by atoms with E-state index in [1.807, 2.05) is 0 Å².